The molecule has 1 aromatic heterocycles. The Morgan fingerprint density at radius 2 is 1.88 bits per heavy atom. The maximum Gasteiger partial charge on any atom is 0.306 e. The fourth-order valence-corrected chi connectivity index (χ4v) is 3.30. The number of hydrogen-bond donors (Lipinski definition) is 2. The first-order valence-corrected chi connectivity index (χ1v) is 11.6. The van der Waals surface area contributed by atoms with Crippen molar-refractivity contribution in [1.29, 1.82) is 0 Å². The predicted octanol–water partition coefficient (Wildman–Crippen LogP) is 4.51. The summed E-state index contributed by atoms with van der Waals surface area (Å²) in [7, 11) is 0. The van der Waals surface area contributed by atoms with E-state index < -0.39 is 5.97 Å². The molecule has 1 aromatic carbocycles. The summed E-state index contributed by atoms with van der Waals surface area (Å²) < 4.78 is 10.4. The number of carbonyl (C=O) groups excluding carboxylic acids is 3. The number of ether oxygens (including phenoxy) is 1. The number of nitrogens with one attached hydrogen (secondary N) is 2. The van der Waals surface area contributed by atoms with Gasteiger partial charge in [0.2, 0.25) is 5.91 Å². The highest BCUT2D eigenvalue weighted by atomic mass is 16.5. The number of esters is 1. The second-order valence-corrected chi connectivity index (χ2v) is 7.70. The number of furan rings is 1. The molecular formula is C25H35N3O5. The lowest BCUT2D eigenvalue weighted by atomic mass is 10.1. The zero-order chi connectivity index (χ0) is 24.1. The molecule has 0 spiro atoms. The van der Waals surface area contributed by atoms with E-state index in [1.54, 1.807) is 25.3 Å². The molecule has 0 aliphatic carbocycles. The van der Waals surface area contributed by atoms with Crippen LogP contribution < -0.4 is 15.5 Å². The summed E-state index contributed by atoms with van der Waals surface area (Å²) in [6, 6.07) is 9.06. The number of amides is 2. The molecule has 0 atom stereocenters. The quantitative estimate of drug-likeness (QED) is 0.405. The largest absolute Gasteiger partial charge is 0.467 e. The number of carbonyl (C=O) groups is 3. The molecule has 8 heteroatoms. The molecule has 2 aromatic rings. The molecule has 33 heavy (non-hydrogen) atoms. The SMILES string of the molecule is CCCCN(Cc1ccco1)c1ccc(NC(=O)CCC(=O)OCC)cc1C(=O)NCCC. The van der Waals surface area contributed by atoms with Crippen molar-refractivity contribution in [3.8, 4) is 0 Å². The summed E-state index contributed by atoms with van der Waals surface area (Å²) in [6.45, 7) is 7.97. The van der Waals surface area contributed by atoms with Gasteiger partial charge in [-0.1, -0.05) is 20.3 Å². The van der Waals surface area contributed by atoms with Crippen molar-refractivity contribution in [3.63, 3.8) is 0 Å². The minimum absolute atomic E-state index is 0.00947. The Bertz CT molecular complexity index is 895. The van der Waals surface area contributed by atoms with E-state index in [2.05, 4.69) is 22.5 Å². The van der Waals surface area contributed by atoms with E-state index in [-0.39, 0.29) is 31.3 Å². The van der Waals surface area contributed by atoms with Crippen LogP contribution in [0.5, 0.6) is 0 Å². The van der Waals surface area contributed by atoms with Gasteiger partial charge in [-0.25, -0.2) is 0 Å². The third-order valence-corrected chi connectivity index (χ3v) is 4.97. The molecular weight excluding hydrogens is 422 g/mol. The lowest BCUT2D eigenvalue weighted by molar-refractivity contribution is -0.144. The fraction of sp³-hybridized carbons (Fsp3) is 0.480. The third kappa shape index (κ3) is 8.63. The smallest absolute Gasteiger partial charge is 0.306 e. The van der Waals surface area contributed by atoms with E-state index in [0.29, 0.717) is 24.3 Å². The van der Waals surface area contributed by atoms with Crippen molar-refractivity contribution in [2.45, 2.75) is 59.4 Å². The Balaban J connectivity index is 2.26. The minimum atomic E-state index is -0.410. The van der Waals surface area contributed by atoms with Crippen molar-refractivity contribution in [3.05, 3.63) is 47.9 Å². The average Bonchev–Trinajstić information content (AvgIpc) is 3.32. The van der Waals surface area contributed by atoms with E-state index in [1.807, 2.05) is 25.1 Å². The van der Waals surface area contributed by atoms with Gasteiger partial charge in [-0.05, 0) is 50.1 Å². The number of benzene rings is 1. The van der Waals surface area contributed by atoms with Crippen LogP contribution in [0.3, 0.4) is 0 Å². The normalized spacial score (nSPS) is 10.5. The third-order valence-electron chi connectivity index (χ3n) is 4.97. The molecule has 2 rings (SSSR count). The Hall–Kier alpha value is -3.29. The molecule has 0 unspecified atom stereocenters. The summed E-state index contributed by atoms with van der Waals surface area (Å²) in [5.41, 5.74) is 1.76. The molecule has 180 valence electrons. The van der Waals surface area contributed by atoms with Crippen LogP contribution in [0.15, 0.2) is 41.0 Å². The summed E-state index contributed by atoms with van der Waals surface area (Å²) >= 11 is 0. The van der Waals surface area contributed by atoms with Gasteiger partial charge in [0.05, 0.1) is 37.1 Å². The van der Waals surface area contributed by atoms with Crippen molar-refractivity contribution in [1.82, 2.24) is 5.32 Å². The molecule has 0 aliphatic rings. The molecule has 0 bridgehead atoms. The minimum Gasteiger partial charge on any atom is -0.467 e. The highest BCUT2D eigenvalue weighted by Gasteiger charge is 2.19. The van der Waals surface area contributed by atoms with Crippen LogP contribution in [0.4, 0.5) is 11.4 Å². The van der Waals surface area contributed by atoms with Crippen LogP contribution in [0.25, 0.3) is 0 Å². The highest BCUT2D eigenvalue weighted by Crippen LogP contribution is 2.27. The molecule has 0 saturated heterocycles. The van der Waals surface area contributed by atoms with Gasteiger partial charge in [-0.3, -0.25) is 14.4 Å². The molecule has 0 aliphatic heterocycles. The van der Waals surface area contributed by atoms with Crippen LogP contribution >= 0.6 is 0 Å². The Kier molecular flexibility index (Phi) is 11.0. The van der Waals surface area contributed by atoms with E-state index in [1.165, 1.54) is 0 Å². The zero-order valence-corrected chi connectivity index (χ0v) is 19.8. The molecule has 0 saturated carbocycles. The topological polar surface area (TPSA) is 101 Å². The van der Waals surface area contributed by atoms with Gasteiger partial charge in [0.25, 0.3) is 5.91 Å². The van der Waals surface area contributed by atoms with Gasteiger partial charge in [0.15, 0.2) is 0 Å². The van der Waals surface area contributed by atoms with E-state index in [9.17, 15) is 14.4 Å². The number of unbranched alkanes of at least 4 members (excludes halogenated alkanes) is 1. The summed E-state index contributed by atoms with van der Waals surface area (Å²) in [4.78, 5) is 38.9. The lowest BCUT2D eigenvalue weighted by Gasteiger charge is -2.26. The lowest BCUT2D eigenvalue weighted by Crippen LogP contribution is -2.30. The first kappa shape index (κ1) is 26.0. The van der Waals surface area contributed by atoms with Crippen LogP contribution in [-0.4, -0.2) is 37.5 Å². The number of rotatable bonds is 14. The monoisotopic (exact) mass is 457 g/mol. The van der Waals surface area contributed by atoms with Crippen LogP contribution in [0, 0.1) is 0 Å². The summed E-state index contributed by atoms with van der Waals surface area (Å²) in [5.74, 6) is -0.112. The summed E-state index contributed by atoms with van der Waals surface area (Å²) in [6.07, 6.45) is 4.45. The first-order chi connectivity index (χ1) is 16.0. The average molecular weight is 458 g/mol. The van der Waals surface area contributed by atoms with E-state index in [0.717, 1.165) is 37.3 Å². The van der Waals surface area contributed by atoms with Crippen molar-refractivity contribution in [2.75, 3.05) is 29.9 Å². The molecule has 0 radical (unpaired) electrons. The van der Waals surface area contributed by atoms with E-state index >= 15 is 0 Å². The Morgan fingerprint density at radius 3 is 2.55 bits per heavy atom. The highest BCUT2D eigenvalue weighted by molar-refractivity contribution is 6.02. The predicted molar refractivity (Wildman–Crippen MR) is 128 cm³/mol. The molecule has 8 nitrogen and oxygen atoms in total. The second-order valence-electron chi connectivity index (χ2n) is 7.70. The van der Waals surface area contributed by atoms with Gasteiger partial charge >= 0.3 is 5.97 Å². The fourth-order valence-electron chi connectivity index (χ4n) is 3.30. The number of nitrogens with zero attached hydrogens (tertiary/aromatic N) is 1. The van der Waals surface area contributed by atoms with Crippen molar-refractivity contribution in [2.24, 2.45) is 0 Å². The van der Waals surface area contributed by atoms with Crippen LogP contribution in [0.2, 0.25) is 0 Å². The number of anilines is 2. The second kappa shape index (κ2) is 14.0. The van der Waals surface area contributed by atoms with Crippen LogP contribution in [-0.2, 0) is 20.9 Å². The standard InChI is InChI=1S/C25H35N3O5/c1-4-7-15-28(18-20-9-8-16-33-20)22-11-10-19(17-21(22)25(31)26-14-5-2)27-23(29)12-13-24(30)32-6-3/h8-11,16-17H,4-7,12-15,18H2,1-3H3,(H,26,31)(H,27,29). The van der Waals surface area contributed by atoms with Crippen molar-refractivity contribution < 1.29 is 23.5 Å². The van der Waals surface area contributed by atoms with Gasteiger partial charge in [-0.2, -0.15) is 0 Å². The van der Waals surface area contributed by atoms with Gasteiger partial charge in [0.1, 0.15) is 5.76 Å². The van der Waals surface area contributed by atoms with Gasteiger partial charge < -0.3 is 24.7 Å². The van der Waals surface area contributed by atoms with Crippen LogP contribution in [0.1, 0.15) is 69.0 Å². The Labute approximate surface area is 195 Å². The maximum atomic E-state index is 13.0. The van der Waals surface area contributed by atoms with Crippen molar-refractivity contribution >= 4 is 29.2 Å². The number of hydrogen-bond acceptors (Lipinski definition) is 6. The molecule has 2 amide bonds. The molecule has 0 fully saturated rings. The summed E-state index contributed by atoms with van der Waals surface area (Å²) in [5, 5.41) is 5.71. The maximum absolute atomic E-state index is 13.0. The molecule has 2 N–H and O–H groups in total. The molecule has 1 heterocycles. The van der Waals surface area contributed by atoms with Gasteiger partial charge in [-0.15, -0.1) is 0 Å². The van der Waals surface area contributed by atoms with Gasteiger partial charge in [0, 0.05) is 25.2 Å². The van der Waals surface area contributed by atoms with E-state index in [4.69, 9.17) is 9.15 Å². The Morgan fingerprint density at radius 1 is 1.06 bits per heavy atom. The zero-order valence-electron chi connectivity index (χ0n) is 19.8. The first-order valence-electron chi connectivity index (χ1n) is 11.6.